The van der Waals surface area contributed by atoms with Gasteiger partial charge in [0.05, 0.1) is 12.1 Å². The summed E-state index contributed by atoms with van der Waals surface area (Å²) in [5.74, 6) is -1.22. The molecule has 0 radical (unpaired) electrons. The highest BCUT2D eigenvalue weighted by Crippen LogP contribution is 2.29. The minimum atomic E-state index is -4.44. The summed E-state index contributed by atoms with van der Waals surface area (Å²) < 4.78 is 41.8. The first-order valence-corrected chi connectivity index (χ1v) is 5.61. The lowest BCUT2D eigenvalue weighted by Gasteiger charge is -2.18. The van der Waals surface area contributed by atoms with Crippen LogP contribution in [0.15, 0.2) is 24.3 Å². The number of hydrogen-bond donors (Lipinski definition) is 1. The van der Waals surface area contributed by atoms with Gasteiger partial charge >= 0.3 is 18.2 Å². The number of alkyl halides is 3. The lowest BCUT2D eigenvalue weighted by atomic mass is 10.1. The molecule has 1 saturated heterocycles. The van der Waals surface area contributed by atoms with Gasteiger partial charge in [0.25, 0.3) is 0 Å². The van der Waals surface area contributed by atoms with E-state index in [1.54, 1.807) is 0 Å². The minimum absolute atomic E-state index is 0.117. The van der Waals surface area contributed by atoms with Gasteiger partial charge in [-0.1, -0.05) is 12.1 Å². The first-order valence-electron chi connectivity index (χ1n) is 5.61. The van der Waals surface area contributed by atoms with E-state index < -0.39 is 29.8 Å². The molecule has 2 rings (SSSR count). The van der Waals surface area contributed by atoms with Gasteiger partial charge < -0.3 is 9.84 Å². The summed E-state index contributed by atoms with van der Waals surface area (Å²) in [5.41, 5.74) is -0.414. The molecule has 108 valence electrons. The van der Waals surface area contributed by atoms with Crippen LogP contribution in [0.5, 0.6) is 0 Å². The molecule has 1 N–H and O–H groups in total. The average Bonchev–Trinajstić information content (AvgIpc) is 2.71. The summed E-state index contributed by atoms with van der Waals surface area (Å²) in [7, 11) is 0. The SMILES string of the molecule is O=C(O)C1COC(=O)N1Cc1ccc(C(F)(F)F)cc1. The third-order valence-corrected chi connectivity index (χ3v) is 2.89. The van der Waals surface area contributed by atoms with E-state index in [0.717, 1.165) is 17.0 Å². The third kappa shape index (κ3) is 2.84. The van der Waals surface area contributed by atoms with E-state index >= 15 is 0 Å². The predicted molar refractivity (Wildman–Crippen MR) is 59.8 cm³/mol. The number of cyclic esters (lactones) is 1. The van der Waals surface area contributed by atoms with Crippen LogP contribution in [0.25, 0.3) is 0 Å². The molecule has 0 aliphatic carbocycles. The molecular formula is C12H10F3NO4. The Morgan fingerprint density at radius 2 is 1.95 bits per heavy atom. The molecule has 1 aromatic rings. The molecular weight excluding hydrogens is 279 g/mol. The number of nitrogens with zero attached hydrogens (tertiary/aromatic N) is 1. The number of benzene rings is 1. The van der Waals surface area contributed by atoms with Crippen LogP contribution in [0.4, 0.5) is 18.0 Å². The number of halogens is 3. The molecule has 1 aliphatic heterocycles. The van der Waals surface area contributed by atoms with Crippen molar-refractivity contribution in [1.82, 2.24) is 4.90 Å². The smallest absolute Gasteiger partial charge is 0.416 e. The van der Waals surface area contributed by atoms with Crippen molar-refractivity contribution in [3.05, 3.63) is 35.4 Å². The molecule has 8 heteroatoms. The van der Waals surface area contributed by atoms with Gasteiger partial charge in [-0.2, -0.15) is 13.2 Å². The number of aliphatic carboxylic acids is 1. The molecule has 1 unspecified atom stereocenters. The largest absolute Gasteiger partial charge is 0.480 e. The summed E-state index contributed by atoms with van der Waals surface area (Å²) in [6.07, 6.45) is -5.23. The monoisotopic (exact) mass is 289 g/mol. The number of carbonyl (C=O) groups excluding carboxylic acids is 1. The van der Waals surface area contributed by atoms with Crippen molar-refractivity contribution in [3.8, 4) is 0 Å². The van der Waals surface area contributed by atoms with Gasteiger partial charge in [-0.3, -0.25) is 4.90 Å². The second-order valence-corrected chi connectivity index (χ2v) is 4.25. The second-order valence-electron chi connectivity index (χ2n) is 4.25. The molecule has 1 atom stereocenters. The first kappa shape index (κ1) is 14.2. The van der Waals surface area contributed by atoms with Crippen molar-refractivity contribution in [2.24, 2.45) is 0 Å². The molecule has 0 spiro atoms. The molecule has 1 aliphatic rings. The lowest BCUT2D eigenvalue weighted by Crippen LogP contribution is -2.38. The van der Waals surface area contributed by atoms with Gasteiger partial charge in [0.1, 0.15) is 6.61 Å². The van der Waals surface area contributed by atoms with Crippen molar-refractivity contribution in [2.75, 3.05) is 6.61 Å². The Morgan fingerprint density at radius 3 is 2.45 bits per heavy atom. The molecule has 0 aromatic heterocycles. The van der Waals surface area contributed by atoms with E-state index in [1.165, 1.54) is 12.1 Å². The average molecular weight is 289 g/mol. The number of carboxylic acid groups (broad SMARTS) is 1. The van der Waals surface area contributed by atoms with Crippen LogP contribution in [0.1, 0.15) is 11.1 Å². The predicted octanol–water partition coefficient (Wildman–Crippen LogP) is 2.11. The molecule has 20 heavy (non-hydrogen) atoms. The van der Waals surface area contributed by atoms with Gasteiger partial charge in [0.2, 0.25) is 0 Å². The van der Waals surface area contributed by atoms with Crippen molar-refractivity contribution >= 4 is 12.1 Å². The van der Waals surface area contributed by atoms with Gasteiger partial charge in [-0.25, -0.2) is 9.59 Å². The van der Waals surface area contributed by atoms with Gasteiger partial charge in [0.15, 0.2) is 6.04 Å². The Bertz CT molecular complexity index is 526. The molecule has 5 nitrogen and oxygen atoms in total. The number of carboxylic acids is 1. The van der Waals surface area contributed by atoms with Gasteiger partial charge in [-0.15, -0.1) is 0 Å². The lowest BCUT2D eigenvalue weighted by molar-refractivity contribution is -0.141. The highest BCUT2D eigenvalue weighted by Gasteiger charge is 2.38. The van der Waals surface area contributed by atoms with Gasteiger partial charge in [-0.05, 0) is 17.7 Å². The van der Waals surface area contributed by atoms with E-state index in [4.69, 9.17) is 5.11 Å². The Hall–Kier alpha value is -2.25. The van der Waals surface area contributed by atoms with Gasteiger partial charge in [0, 0.05) is 0 Å². The van der Waals surface area contributed by atoms with E-state index in [-0.39, 0.29) is 13.2 Å². The molecule has 1 amide bonds. The summed E-state index contributed by atoms with van der Waals surface area (Å²) >= 11 is 0. The molecule has 1 aromatic carbocycles. The van der Waals surface area contributed by atoms with Crippen LogP contribution in [0.3, 0.4) is 0 Å². The maximum absolute atomic E-state index is 12.4. The quantitative estimate of drug-likeness (QED) is 0.925. The van der Waals surface area contributed by atoms with E-state index in [0.29, 0.717) is 5.56 Å². The number of carbonyl (C=O) groups is 2. The van der Waals surface area contributed by atoms with Crippen LogP contribution in [0, 0.1) is 0 Å². The molecule has 0 saturated carbocycles. The standard InChI is InChI=1S/C12H10F3NO4/c13-12(14,15)8-3-1-7(2-4-8)5-16-9(10(17)18)6-20-11(16)19/h1-4,9H,5-6H2,(H,17,18). The fourth-order valence-electron chi connectivity index (χ4n) is 1.83. The number of hydrogen-bond acceptors (Lipinski definition) is 3. The molecule has 1 fully saturated rings. The van der Waals surface area contributed by atoms with Crippen LogP contribution in [-0.2, 0) is 22.3 Å². The van der Waals surface area contributed by atoms with E-state index in [9.17, 15) is 22.8 Å². The van der Waals surface area contributed by atoms with E-state index in [2.05, 4.69) is 4.74 Å². The van der Waals surface area contributed by atoms with Crippen molar-refractivity contribution < 1.29 is 32.6 Å². The zero-order valence-electron chi connectivity index (χ0n) is 10.1. The summed E-state index contributed by atoms with van der Waals surface area (Å²) in [5, 5.41) is 8.91. The fourth-order valence-corrected chi connectivity index (χ4v) is 1.83. The summed E-state index contributed by atoms with van der Waals surface area (Å²) in [4.78, 5) is 23.3. The highest BCUT2D eigenvalue weighted by atomic mass is 19.4. The Morgan fingerprint density at radius 1 is 1.35 bits per heavy atom. The zero-order chi connectivity index (χ0) is 14.9. The summed E-state index contributed by atoms with van der Waals surface area (Å²) in [6, 6.07) is 3.05. The van der Waals surface area contributed by atoms with E-state index in [1.807, 2.05) is 0 Å². The van der Waals surface area contributed by atoms with Crippen molar-refractivity contribution in [1.29, 1.82) is 0 Å². The Balaban J connectivity index is 2.13. The molecule has 0 bridgehead atoms. The first-order chi connectivity index (χ1) is 9.29. The Kier molecular flexibility index (Phi) is 3.56. The van der Waals surface area contributed by atoms with Crippen LogP contribution in [0.2, 0.25) is 0 Å². The van der Waals surface area contributed by atoms with Crippen LogP contribution >= 0.6 is 0 Å². The maximum Gasteiger partial charge on any atom is 0.416 e. The van der Waals surface area contributed by atoms with Crippen LogP contribution in [-0.4, -0.2) is 34.7 Å². The topological polar surface area (TPSA) is 66.8 Å². The number of amides is 1. The van der Waals surface area contributed by atoms with Crippen LogP contribution < -0.4 is 0 Å². The Labute approximate surface area is 111 Å². The number of rotatable bonds is 3. The minimum Gasteiger partial charge on any atom is -0.480 e. The maximum atomic E-state index is 12.4. The highest BCUT2D eigenvalue weighted by molar-refractivity contribution is 5.82. The second kappa shape index (κ2) is 5.03. The van der Waals surface area contributed by atoms with Crippen molar-refractivity contribution in [2.45, 2.75) is 18.8 Å². The summed E-state index contributed by atoms with van der Waals surface area (Å²) in [6.45, 7) is -0.386. The molecule has 1 heterocycles. The zero-order valence-corrected chi connectivity index (χ0v) is 10.1. The fraction of sp³-hybridized carbons (Fsp3) is 0.333. The normalized spacial score (nSPS) is 19.1. The third-order valence-electron chi connectivity index (χ3n) is 2.89. The van der Waals surface area contributed by atoms with Crippen molar-refractivity contribution in [3.63, 3.8) is 0 Å². The number of ether oxygens (including phenoxy) is 1.